The molecular weight excluding hydrogens is 467 g/mol. The number of piperidine rings is 1. The van der Waals surface area contributed by atoms with Gasteiger partial charge in [0.1, 0.15) is 5.82 Å². The first kappa shape index (κ1) is 24.5. The molecule has 182 valence electrons. The van der Waals surface area contributed by atoms with Crippen LogP contribution in [0.3, 0.4) is 0 Å². The zero-order valence-corrected chi connectivity index (χ0v) is 20.2. The molecule has 0 bridgehead atoms. The van der Waals surface area contributed by atoms with Gasteiger partial charge in [-0.05, 0) is 68.1 Å². The van der Waals surface area contributed by atoms with E-state index >= 15 is 0 Å². The van der Waals surface area contributed by atoms with E-state index in [4.69, 9.17) is 11.6 Å². The topological polar surface area (TPSA) is 73.5 Å². The van der Waals surface area contributed by atoms with Crippen LogP contribution in [-0.2, 0) is 0 Å². The monoisotopic (exact) mass is 494 g/mol. The van der Waals surface area contributed by atoms with Crippen LogP contribution in [-0.4, -0.2) is 25.0 Å². The molecular formula is C27H28ClFN4O2. The van der Waals surface area contributed by atoms with Crippen molar-refractivity contribution in [3.8, 4) is 0 Å². The van der Waals surface area contributed by atoms with Gasteiger partial charge in [0.2, 0.25) is 0 Å². The third-order valence-electron chi connectivity index (χ3n) is 6.02. The lowest BCUT2D eigenvalue weighted by molar-refractivity contribution is 0.0940. The van der Waals surface area contributed by atoms with E-state index in [2.05, 4.69) is 20.9 Å². The van der Waals surface area contributed by atoms with E-state index in [1.807, 2.05) is 43.3 Å². The van der Waals surface area contributed by atoms with Crippen LogP contribution >= 0.6 is 11.6 Å². The van der Waals surface area contributed by atoms with Gasteiger partial charge in [0.15, 0.2) is 0 Å². The predicted molar refractivity (Wildman–Crippen MR) is 139 cm³/mol. The van der Waals surface area contributed by atoms with Crippen molar-refractivity contribution in [1.29, 1.82) is 0 Å². The average Bonchev–Trinajstić information content (AvgIpc) is 2.87. The van der Waals surface area contributed by atoms with Gasteiger partial charge in [0.05, 0.1) is 16.6 Å². The standard InChI is InChI=1S/C27H28ClFN4O2/c1-18(19-8-4-2-5-9-19)30-26(34)22-16-20(11-13-25(22)33-14-6-3-7-15-33)31-27(35)32-21-10-12-24(29)23(28)17-21/h2,4-5,8-13,16-18H,3,6-7,14-15H2,1H3,(H,30,34)(H2,31,32,35). The van der Waals surface area contributed by atoms with Crippen molar-refractivity contribution in [2.75, 3.05) is 28.6 Å². The second-order valence-corrected chi connectivity index (χ2v) is 9.00. The summed E-state index contributed by atoms with van der Waals surface area (Å²) in [6, 6.07) is 18.3. The van der Waals surface area contributed by atoms with E-state index in [1.165, 1.54) is 24.6 Å². The second-order valence-electron chi connectivity index (χ2n) is 8.59. The van der Waals surface area contributed by atoms with E-state index < -0.39 is 11.8 Å². The summed E-state index contributed by atoms with van der Waals surface area (Å²) >= 11 is 5.79. The van der Waals surface area contributed by atoms with Gasteiger partial charge in [-0.3, -0.25) is 4.79 Å². The third kappa shape index (κ3) is 6.31. The van der Waals surface area contributed by atoms with Gasteiger partial charge < -0.3 is 20.9 Å². The quantitative estimate of drug-likeness (QED) is 0.361. The molecule has 3 N–H and O–H groups in total. The lowest BCUT2D eigenvalue weighted by Gasteiger charge is -2.31. The number of nitrogens with one attached hydrogen (secondary N) is 3. The summed E-state index contributed by atoms with van der Waals surface area (Å²) in [5, 5.41) is 8.37. The Morgan fingerprint density at radius 3 is 2.26 bits per heavy atom. The molecule has 1 aliphatic rings. The number of urea groups is 1. The van der Waals surface area contributed by atoms with Gasteiger partial charge in [-0.2, -0.15) is 0 Å². The molecule has 0 aromatic heterocycles. The summed E-state index contributed by atoms with van der Waals surface area (Å²) in [6.07, 6.45) is 3.32. The summed E-state index contributed by atoms with van der Waals surface area (Å²) in [7, 11) is 0. The van der Waals surface area contributed by atoms with Crippen LogP contribution in [0.5, 0.6) is 0 Å². The van der Waals surface area contributed by atoms with Crippen LogP contribution in [0.25, 0.3) is 0 Å². The maximum Gasteiger partial charge on any atom is 0.323 e. The van der Waals surface area contributed by atoms with Crippen LogP contribution in [0.15, 0.2) is 66.7 Å². The molecule has 1 aliphatic heterocycles. The average molecular weight is 495 g/mol. The number of benzene rings is 3. The highest BCUT2D eigenvalue weighted by molar-refractivity contribution is 6.31. The van der Waals surface area contributed by atoms with E-state index in [9.17, 15) is 14.0 Å². The number of carbonyl (C=O) groups excluding carboxylic acids is 2. The fourth-order valence-electron chi connectivity index (χ4n) is 4.17. The Morgan fingerprint density at radius 1 is 0.914 bits per heavy atom. The Labute approximate surface area is 209 Å². The Hall–Kier alpha value is -3.58. The molecule has 1 atom stereocenters. The van der Waals surface area contributed by atoms with Crippen LogP contribution in [0, 0.1) is 5.82 Å². The molecule has 3 amide bonds. The molecule has 1 heterocycles. The summed E-state index contributed by atoms with van der Waals surface area (Å²) in [4.78, 5) is 28.1. The molecule has 0 aliphatic carbocycles. The molecule has 0 saturated carbocycles. The normalized spacial score (nSPS) is 14.2. The number of nitrogens with zero attached hydrogens (tertiary/aromatic N) is 1. The van der Waals surface area contributed by atoms with Gasteiger partial charge in [-0.15, -0.1) is 0 Å². The zero-order chi connectivity index (χ0) is 24.8. The molecule has 1 fully saturated rings. The smallest absolute Gasteiger partial charge is 0.323 e. The van der Waals surface area contributed by atoms with Crippen molar-refractivity contribution < 1.29 is 14.0 Å². The number of anilines is 3. The molecule has 0 spiro atoms. The molecule has 6 nitrogen and oxygen atoms in total. The summed E-state index contributed by atoms with van der Waals surface area (Å²) in [6.45, 7) is 3.71. The third-order valence-corrected chi connectivity index (χ3v) is 6.31. The highest BCUT2D eigenvalue weighted by atomic mass is 35.5. The molecule has 0 radical (unpaired) electrons. The summed E-state index contributed by atoms with van der Waals surface area (Å²) in [5.41, 5.74) is 3.17. The molecule has 3 aromatic rings. The van der Waals surface area contributed by atoms with Gasteiger partial charge in [0.25, 0.3) is 5.91 Å². The molecule has 1 unspecified atom stereocenters. The fraction of sp³-hybridized carbons (Fsp3) is 0.259. The second kappa shape index (κ2) is 11.2. The maximum absolute atomic E-state index is 13.4. The van der Waals surface area contributed by atoms with Crippen molar-refractivity contribution in [2.45, 2.75) is 32.2 Å². The Kier molecular flexibility index (Phi) is 7.87. The number of hydrogen-bond acceptors (Lipinski definition) is 3. The molecule has 35 heavy (non-hydrogen) atoms. The lowest BCUT2D eigenvalue weighted by Crippen LogP contribution is -2.33. The van der Waals surface area contributed by atoms with Gasteiger partial charge in [0, 0.05) is 30.2 Å². The van der Waals surface area contributed by atoms with E-state index in [1.54, 1.807) is 12.1 Å². The Balaban J connectivity index is 1.54. The largest absolute Gasteiger partial charge is 0.371 e. The van der Waals surface area contributed by atoms with Crippen molar-refractivity contribution in [3.63, 3.8) is 0 Å². The Morgan fingerprint density at radius 2 is 1.57 bits per heavy atom. The molecule has 1 saturated heterocycles. The SMILES string of the molecule is CC(NC(=O)c1cc(NC(=O)Nc2ccc(F)c(Cl)c2)ccc1N1CCCCC1)c1ccccc1. The van der Waals surface area contributed by atoms with Crippen molar-refractivity contribution in [2.24, 2.45) is 0 Å². The highest BCUT2D eigenvalue weighted by Crippen LogP contribution is 2.28. The minimum atomic E-state index is -0.564. The van der Waals surface area contributed by atoms with Crippen LogP contribution in [0.4, 0.5) is 26.2 Å². The van der Waals surface area contributed by atoms with Crippen LogP contribution in [0.1, 0.15) is 48.1 Å². The van der Waals surface area contributed by atoms with Gasteiger partial charge >= 0.3 is 6.03 Å². The molecule has 4 rings (SSSR count). The first-order valence-electron chi connectivity index (χ1n) is 11.7. The first-order valence-corrected chi connectivity index (χ1v) is 12.1. The van der Waals surface area contributed by atoms with E-state index in [0.29, 0.717) is 16.9 Å². The first-order chi connectivity index (χ1) is 16.9. The highest BCUT2D eigenvalue weighted by Gasteiger charge is 2.21. The van der Waals surface area contributed by atoms with Crippen LogP contribution in [0.2, 0.25) is 5.02 Å². The molecule has 8 heteroatoms. The van der Waals surface area contributed by atoms with Crippen molar-refractivity contribution >= 4 is 40.6 Å². The Bertz CT molecular complexity index is 1200. The van der Waals surface area contributed by atoms with Gasteiger partial charge in [-0.1, -0.05) is 41.9 Å². The number of halogens is 2. The van der Waals surface area contributed by atoms with Gasteiger partial charge in [-0.25, -0.2) is 9.18 Å². The number of carbonyl (C=O) groups is 2. The van der Waals surface area contributed by atoms with Crippen molar-refractivity contribution in [3.05, 3.63) is 88.7 Å². The van der Waals surface area contributed by atoms with Crippen LogP contribution < -0.4 is 20.9 Å². The fourth-order valence-corrected chi connectivity index (χ4v) is 4.35. The number of amides is 3. The maximum atomic E-state index is 13.4. The minimum absolute atomic E-state index is 0.0832. The lowest BCUT2D eigenvalue weighted by atomic mass is 10.0. The summed E-state index contributed by atoms with van der Waals surface area (Å²) < 4.78 is 13.4. The number of hydrogen-bond donors (Lipinski definition) is 3. The van der Waals surface area contributed by atoms with E-state index in [-0.39, 0.29) is 17.0 Å². The summed E-state index contributed by atoms with van der Waals surface area (Å²) in [5.74, 6) is -0.775. The molecule has 3 aromatic carbocycles. The van der Waals surface area contributed by atoms with E-state index in [0.717, 1.165) is 37.2 Å². The zero-order valence-electron chi connectivity index (χ0n) is 19.5. The number of rotatable bonds is 6. The minimum Gasteiger partial charge on any atom is -0.371 e. The van der Waals surface area contributed by atoms with Crippen molar-refractivity contribution in [1.82, 2.24) is 5.32 Å². The predicted octanol–water partition coefficient (Wildman–Crippen LogP) is 6.60.